The number of aryl methyl sites for hydroxylation is 2. The normalized spacial score (nSPS) is 31.5. The summed E-state index contributed by atoms with van der Waals surface area (Å²) < 4.78 is 1.84. The monoisotopic (exact) mass is 236 g/mol. The fraction of sp³-hybridized carbons (Fsp3) is 0.786. The molecule has 0 amide bonds. The largest absolute Gasteiger partial charge is 0.386 e. The standard InChI is InChI=1S/C14H24N2O/c1-9-5-10(2)7-12(6-9)14(17)13-8-11(3)16(4)15-13/h8-10,12,14,17H,5-7H2,1-4H3. The molecule has 0 saturated heterocycles. The highest BCUT2D eigenvalue weighted by molar-refractivity contribution is 5.12. The summed E-state index contributed by atoms with van der Waals surface area (Å²) in [6.07, 6.45) is 3.16. The Kier molecular flexibility index (Phi) is 3.57. The van der Waals surface area contributed by atoms with Crippen molar-refractivity contribution in [3.63, 3.8) is 0 Å². The second kappa shape index (κ2) is 4.81. The third-order valence-electron chi connectivity index (χ3n) is 4.10. The molecule has 1 heterocycles. The molecule has 1 aromatic rings. The number of nitrogens with zero attached hydrogens (tertiary/aromatic N) is 2. The summed E-state index contributed by atoms with van der Waals surface area (Å²) in [6, 6.07) is 2.01. The molecule has 3 nitrogen and oxygen atoms in total. The third-order valence-corrected chi connectivity index (χ3v) is 4.10. The lowest BCUT2D eigenvalue weighted by Gasteiger charge is -2.33. The van der Waals surface area contributed by atoms with E-state index >= 15 is 0 Å². The van der Waals surface area contributed by atoms with Crippen molar-refractivity contribution in [2.45, 2.75) is 46.1 Å². The first kappa shape index (κ1) is 12.6. The lowest BCUT2D eigenvalue weighted by Crippen LogP contribution is -2.25. The molecule has 3 atom stereocenters. The number of hydrogen-bond donors (Lipinski definition) is 1. The van der Waals surface area contributed by atoms with E-state index in [1.54, 1.807) is 0 Å². The van der Waals surface area contributed by atoms with Gasteiger partial charge in [-0.1, -0.05) is 13.8 Å². The van der Waals surface area contributed by atoms with Crippen molar-refractivity contribution in [3.8, 4) is 0 Å². The van der Waals surface area contributed by atoms with Crippen LogP contribution in [-0.2, 0) is 7.05 Å². The molecule has 2 rings (SSSR count). The van der Waals surface area contributed by atoms with Crippen LogP contribution in [0.15, 0.2) is 6.07 Å². The first-order chi connectivity index (χ1) is 7.97. The fourth-order valence-electron chi connectivity index (χ4n) is 3.24. The van der Waals surface area contributed by atoms with Gasteiger partial charge in [0.1, 0.15) is 6.10 Å². The SMILES string of the molecule is Cc1cc(C(O)C2CC(C)CC(C)C2)nn1C. The van der Waals surface area contributed by atoms with E-state index in [2.05, 4.69) is 18.9 Å². The molecule has 0 spiro atoms. The summed E-state index contributed by atoms with van der Waals surface area (Å²) in [5.74, 6) is 1.83. The van der Waals surface area contributed by atoms with E-state index in [1.807, 2.05) is 24.7 Å². The number of rotatable bonds is 2. The lowest BCUT2D eigenvalue weighted by molar-refractivity contribution is 0.0518. The minimum atomic E-state index is -0.389. The van der Waals surface area contributed by atoms with Gasteiger partial charge in [0.15, 0.2) is 0 Å². The van der Waals surface area contributed by atoms with Crippen LogP contribution in [0.2, 0.25) is 0 Å². The van der Waals surface area contributed by atoms with Gasteiger partial charge in [-0.2, -0.15) is 5.10 Å². The number of aromatic nitrogens is 2. The van der Waals surface area contributed by atoms with Crippen molar-refractivity contribution < 1.29 is 5.11 Å². The summed E-state index contributed by atoms with van der Waals surface area (Å²) in [5.41, 5.74) is 1.95. The maximum Gasteiger partial charge on any atom is 0.101 e. The van der Waals surface area contributed by atoms with Crippen LogP contribution >= 0.6 is 0 Å². The fourth-order valence-corrected chi connectivity index (χ4v) is 3.24. The molecule has 1 aromatic heterocycles. The Labute approximate surface area is 104 Å². The zero-order chi connectivity index (χ0) is 12.6. The Morgan fingerprint density at radius 2 is 1.88 bits per heavy atom. The average Bonchev–Trinajstić information content (AvgIpc) is 2.57. The Bertz CT molecular complexity index is 356. The quantitative estimate of drug-likeness (QED) is 0.857. The van der Waals surface area contributed by atoms with E-state index in [4.69, 9.17) is 0 Å². The molecule has 17 heavy (non-hydrogen) atoms. The van der Waals surface area contributed by atoms with Crippen molar-refractivity contribution in [1.29, 1.82) is 0 Å². The highest BCUT2D eigenvalue weighted by Gasteiger charge is 2.31. The predicted molar refractivity (Wildman–Crippen MR) is 68.6 cm³/mol. The lowest BCUT2D eigenvalue weighted by atomic mass is 9.74. The smallest absolute Gasteiger partial charge is 0.101 e. The van der Waals surface area contributed by atoms with Crippen molar-refractivity contribution in [2.24, 2.45) is 24.8 Å². The molecule has 1 aliphatic carbocycles. The minimum Gasteiger partial charge on any atom is -0.386 e. The van der Waals surface area contributed by atoms with Crippen LogP contribution < -0.4 is 0 Å². The van der Waals surface area contributed by atoms with E-state index in [9.17, 15) is 5.11 Å². The Hall–Kier alpha value is -0.830. The van der Waals surface area contributed by atoms with Gasteiger partial charge < -0.3 is 5.11 Å². The van der Waals surface area contributed by atoms with E-state index in [1.165, 1.54) is 6.42 Å². The van der Waals surface area contributed by atoms with Gasteiger partial charge in [0.05, 0.1) is 5.69 Å². The van der Waals surface area contributed by atoms with Crippen LogP contribution in [0.25, 0.3) is 0 Å². The Morgan fingerprint density at radius 1 is 1.29 bits per heavy atom. The van der Waals surface area contributed by atoms with Gasteiger partial charge in [-0.3, -0.25) is 4.68 Å². The van der Waals surface area contributed by atoms with Gasteiger partial charge in [-0.05, 0) is 50.0 Å². The summed E-state index contributed by atoms with van der Waals surface area (Å²) in [4.78, 5) is 0. The molecule has 96 valence electrons. The zero-order valence-corrected chi connectivity index (χ0v) is 11.3. The highest BCUT2D eigenvalue weighted by Crippen LogP contribution is 2.39. The van der Waals surface area contributed by atoms with Crippen molar-refractivity contribution in [1.82, 2.24) is 9.78 Å². The van der Waals surface area contributed by atoms with Gasteiger partial charge in [0.25, 0.3) is 0 Å². The van der Waals surface area contributed by atoms with Crippen LogP contribution in [0.3, 0.4) is 0 Å². The van der Waals surface area contributed by atoms with E-state index in [0.29, 0.717) is 5.92 Å². The first-order valence-corrected chi connectivity index (χ1v) is 6.66. The number of aliphatic hydroxyl groups is 1. The topological polar surface area (TPSA) is 38.1 Å². The molecule has 1 fully saturated rings. The summed E-state index contributed by atoms with van der Waals surface area (Å²) >= 11 is 0. The van der Waals surface area contributed by atoms with Crippen LogP contribution in [-0.4, -0.2) is 14.9 Å². The number of hydrogen-bond acceptors (Lipinski definition) is 2. The van der Waals surface area contributed by atoms with E-state index in [-0.39, 0.29) is 6.10 Å². The first-order valence-electron chi connectivity index (χ1n) is 6.66. The summed E-state index contributed by atoms with van der Waals surface area (Å²) in [6.45, 7) is 6.60. The second-order valence-electron chi connectivity index (χ2n) is 5.96. The zero-order valence-electron chi connectivity index (χ0n) is 11.3. The van der Waals surface area contributed by atoms with E-state index < -0.39 is 0 Å². The van der Waals surface area contributed by atoms with Crippen LogP contribution in [0, 0.1) is 24.7 Å². The molecule has 3 heteroatoms. The summed E-state index contributed by atoms with van der Waals surface area (Å²) in [5, 5.41) is 14.8. The van der Waals surface area contributed by atoms with Gasteiger partial charge >= 0.3 is 0 Å². The molecular weight excluding hydrogens is 212 g/mol. The Morgan fingerprint density at radius 3 is 2.35 bits per heavy atom. The molecule has 3 unspecified atom stereocenters. The minimum absolute atomic E-state index is 0.378. The van der Waals surface area contributed by atoms with Gasteiger partial charge in [0.2, 0.25) is 0 Å². The molecule has 0 aromatic carbocycles. The number of aliphatic hydroxyl groups excluding tert-OH is 1. The van der Waals surface area contributed by atoms with Gasteiger partial charge in [-0.25, -0.2) is 0 Å². The van der Waals surface area contributed by atoms with Crippen molar-refractivity contribution in [2.75, 3.05) is 0 Å². The molecule has 0 radical (unpaired) electrons. The highest BCUT2D eigenvalue weighted by atomic mass is 16.3. The summed E-state index contributed by atoms with van der Waals surface area (Å²) in [7, 11) is 1.93. The average molecular weight is 236 g/mol. The van der Waals surface area contributed by atoms with Crippen molar-refractivity contribution >= 4 is 0 Å². The van der Waals surface area contributed by atoms with Crippen LogP contribution in [0.1, 0.15) is 50.6 Å². The van der Waals surface area contributed by atoms with Crippen LogP contribution in [0.4, 0.5) is 0 Å². The maximum atomic E-state index is 10.4. The molecular formula is C14H24N2O. The molecule has 1 aliphatic rings. The molecule has 1 saturated carbocycles. The van der Waals surface area contributed by atoms with Crippen LogP contribution in [0.5, 0.6) is 0 Å². The third kappa shape index (κ3) is 2.71. The Balaban J connectivity index is 2.11. The molecule has 0 aliphatic heterocycles. The second-order valence-corrected chi connectivity index (χ2v) is 5.96. The maximum absolute atomic E-state index is 10.4. The van der Waals surface area contributed by atoms with Gasteiger partial charge in [-0.15, -0.1) is 0 Å². The predicted octanol–water partition coefficient (Wildman–Crippen LogP) is 2.83. The molecule has 0 bridgehead atoms. The van der Waals surface area contributed by atoms with Crippen molar-refractivity contribution in [3.05, 3.63) is 17.5 Å². The molecule has 1 N–H and O–H groups in total. The van der Waals surface area contributed by atoms with Gasteiger partial charge in [0, 0.05) is 12.7 Å². The van der Waals surface area contributed by atoms with E-state index in [0.717, 1.165) is 36.1 Å².